The van der Waals surface area contributed by atoms with Gasteiger partial charge in [0.1, 0.15) is 11.3 Å². The first-order valence-corrected chi connectivity index (χ1v) is 17.1. The first kappa shape index (κ1) is 31.5. The van der Waals surface area contributed by atoms with Gasteiger partial charge in [-0.05, 0) is 62.1 Å². The van der Waals surface area contributed by atoms with Crippen molar-refractivity contribution in [2.45, 2.75) is 83.7 Å². The number of aromatic amines is 1. The van der Waals surface area contributed by atoms with Crippen LogP contribution < -0.4 is 16.6 Å². The lowest BCUT2D eigenvalue weighted by Gasteiger charge is -2.26. The predicted molar refractivity (Wildman–Crippen MR) is 177 cm³/mol. The van der Waals surface area contributed by atoms with Crippen LogP contribution >= 0.6 is 0 Å². The molecule has 45 heavy (non-hydrogen) atoms. The zero-order chi connectivity index (χ0) is 31.0. The number of carbonyl (C=O) groups is 1. The van der Waals surface area contributed by atoms with Gasteiger partial charge in [0.05, 0.1) is 13.2 Å². The van der Waals surface area contributed by atoms with E-state index in [0.717, 1.165) is 88.9 Å². The molecular weight excluding hydrogens is 568 g/mol. The van der Waals surface area contributed by atoms with E-state index < -0.39 is 0 Å². The molecule has 3 heterocycles. The Morgan fingerprint density at radius 2 is 1.56 bits per heavy atom. The molecule has 3 fully saturated rings. The molecule has 0 bridgehead atoms. The summed E-state index contributed by atoms with van der Waals surface area (Å²) in [6, 6.07) is 7.73. The molecule has 10 nitrogen and oxygen atoms in total. The summed E-state index contributed by atoms with van der Waals surface area (Å²) in [5.74, 6) is 1.25. The summed E-state index contributed by atoms with van der Waals surface area (Å²) in [4.78, 5) is 50.4. The largest absolute Gasteiger partial charge is 0.379 e. The SMILES string of the molecule is O=C(/C=C/c1ccc(-c2nc3c([nH]2)c(=O)n(CC2CCCCC2)c(=O)n3CC2CCCCC2)cc1)NCCCN1CCOCC1. The average Bonchev–Trinajstić information content (AvgIpc) is 3.53. The quantitative estimate of drug-likeness (QED) is 0.241. The van der Waals surface area contributed by atoms with Crippen LogP contribution in [0.4, 0.5) is 0 Å². The summed E-state index contributed by atoms with van der Waals surface area (Å²) in [5.41, 5.74) is 2.09. The number of nitrogens with one attached hydrogen (secondary N) is 2. The number of imidazole rings is 1. The van der Waals surface area contributed by atoms with Gasteiger partial charge in [0.15, 0.2) is 5.65 Å². The van der Waals surface area contributed by atoms with Crippen molar-refractivity contribution < 1.29 is 9.53 Å². The van der Waals surface area contributed by atoms with Gasteiger partial charge < -0.3 is 15.0 Å². The van der Waals surface area contributed by atoms with Gasteiger partial charge in [0, 0.05) is 44.4 Å². The molecule has 0 atom stereocenters. The highest BCUT2D eigenvalue weighted by Gasteiger charge is 2.24. The number of hydrogen-bond acceptors (Lipinski definition) is 6. The lowest BCUT2D eigenvalue weighted by Crippen LogP contribution is -2.42. The summed E-state index contributed by atoms with van der Waals surface area (Å²) in [6.07, 6.45) is 15.8. The molecule has 1 aliphatic heterocycles. The fourth-order valence-electron chi connectivity index (χ4n) is 7.21. The molecule has 1 aromatic carbocycles. The maximum Gasteiger partial charge on any atom is 0.332 e. The second-order valence-corrected chi connectivity index (χ2v) is 13.2. The van der Waals surface area contributed by atoms with E-state index in [0.29, 0.717) is 48.5 Å². The topological polar surface area (TPSA) is 114 Å². The average molecular weight is 617 g/mol. The van der Waals surface area contributed by atoms with Crippen molar-refractivity contribution >= 4 is 23.1 Å². The first-order chi connectivity index (χ1) is 22.0. The summed E-state index contributed by atoms with van der Waals surface area (Å²) in [7, 11) is 0. The Morgan fingerprint density at radius 3 is 2.22 bits per heavy atom. The Bertz CT molecular complexity index is 1570. The number of ether oxygens (including phenoxy) is 1. The summed E-state index contributed by atoms with van der Waals surface area (Å²) >= 11 is 0. The van der Waals surface area contributed by atoms with E-state index >= 15 is 0 Å². The number of morpholine rings is 1. The van der Waals surface area contributed by atoms with Crippen molar-refractivity contribution in [3.8, 4) is 11.4 Å². The highest BCUT2D eigenvalue weighted by atomic mass is 16.5. The molecule has 0 unspecified atom stereocenters. The van der Waals surface area contributed by atoms with Gasteiger partial charge in [-0.3, -0.25) is 23.6 Å². The second-order valence-electron chi connectivity index (χ2n) is 13.2. The Balaban J connectivity index is 1.16. The Morgan fingerprint density at radius 1 is 0.911 bits per heavy atom. The minimum Gasteiger partial charge on any atom is -0.379 e. The smallest absolute Gasteiger partial charge is 0.332 e. The zero-order valence-electron chi connectivity index (χ0n) is 26.5. The van der Waals surface area contributed by atoms with Crippen LogP contribution in [0.2, 0.25) is 0 Å². The molecule has 3 aliphatic rings. The third-order valence-electron chi connectivity index (χ3n) is 9.86. The fraction of sp³-hybridized carbons (Fsp3) is 0.600. The van der Waals surface area contributed by atoms with Crippen LogP contribution in [0, 0.1) is 11.8 Å². The number of amides is 1. The number of aromatic nitrogens is 4. The van der Waals surface area contributed by atoms with Crippen LogP contribution in [0.1, 0.15) is 76.2 Å². The molecular formula is C35H48N6O4. The van der Waals surface area contributed by atoms with E-state index in [2.05, 4.69) is 15.2 Å². The van der Waals surface area contributed by atoms with Crippen molar-refractivity contribution in [3.63, 3.8) is 0 Å². The Hall–Kier alpha value is -3.50. The highest BCUT2D eigenvalue weighted by Crippen LogP contribution is 2.27. The van der Waals surface area contributed by atoms with Crippen LogP contribution in [0.3, 0.4) is 0 Å². The Kier molecular flexibility index (Phi) is 10.6. The van der Waals surface area contributed by atoms with E-state index in [1.807, 2.05) is 24.3 Å². The molecule has 10 heteroatoms. The van der Waals surface area contributed by atoms with Crippen LogP contribution in [-0.2, 0) is 22.6 Å². The molecule has 2 saturated carbocycles. The summed E-state index contributed by atoms with van der Waals surface area (Å²) in [5, 5.41) is 2.96. The molecule has 2 aromatic heterocycles. The summed E-state index contributed by atoms with van der Waals surface area (Å²) < 4.78 is 8.63. The molecule has 6 rings (SSSR count). The first-order valence-electron chi connectivity index (χ1n) is 17.1. The molecule has 2 aliphatic carbocycles. The van der Waals surface area contributed by atoms with E-state index in [4.69, 9.17) is 9.72 Å². The highest BCUT2D eigenvalue weighted by molar-refractivity contribution is 5.91. The number of benzene rings is 1. The fourth-order valence-corrected chi connectivity index (χ4v) is 7.21. The van der Waals surface area contributed by atoms with Crippen LogP contribution in [-0.4, -0.2) is 69.3 Å². The maximum absolute atomic E-state index is 13.8. The van der Waals surface area contributed by atoms with Crippen molar-refractivity contribution in [1.29, 1.82) is 0 Å². The number of fused-ring (bicyclic) bond motifs is 1. The van der Waals surface area contributed by atoms with E-state index in [1.54, 1.807) is 16.7 Å². The number of rotatable bonds is 11. The number of hydrogen-bond donors (Lipinski definition) is 2. The van der Waals surface area contributed by atoms with E-state index in [-0.39, 0.29) is 17.2 Å². The summed E-state index contributed by atoms with van der Waals surface area (Å²) in [6.45, 7) is 6.16. The number of carbonyl (C=O) groups excluding carboxylic acids is 1. The van der Waals surface area contributed by atoms with Crippen LogP contribution in [0.5, 0.6) is 0 Å². The van der Waals surface area contributed by atoms with Crippen molar-refractivity contribution in [3.05, 3.63) is 56.7 Å². The molecule has 3 aromatic rings. The van der Waals surface area contributed by atoms with E-state index in [1.165, 1.54) is 30.3 Å². The van der Waals surface area contributed by atoms with Gasteiger partial charge in [0.25, 0.3) is 5.56 Å². The zero-order valence-corrected chi connectivity index (χ0v) is 26.5. The molecule has 1 amide bonds. The molecule has 0 radical (unpaired) electrons. The van der Waals surface area contributed by atoms with Gasteiger partial charge in [0.2, 0.25) is 5.91 Å². The van der Waals surface area contributed by atoms with Crippen molar-refractivity contribution in [2.24, 2.45) is 11.8 Å². The van der Waals surface area contributed by atoms with Gasteiger partial charge in [-0.1, -0.05) is 62.8 Å². The number of nitrogens with zero attached hydrogens (tertiary/aromatic N) is 4. The third kappa shape index (κ3) is 8.02. The van der Waals surface area contributed by atoms with Crippen LogP contribution in [0.15, 0.2) is 39.9 Å². The molecule has 2 N–H and O–H groups in total. The molecule has 242 valence electrons. The van der Waals surface area contributed by atoms with Gasteiger partial charge in [-0.15, -0.1) is 0 Å². The monoisotopic (exact) mass is 616 g/mol. The van der Waals surface area contributed by atoms with E-state index in [9.17, 15) is 14.4 Å². The van der Waals surface area contributed by atoms with Gasteiger partial charge in [-0.25, -0.2) is 9.78 Å². The minimum atomic E-state index is -0.269. The standard InChI is InChI=1S/C35H48N6O4/c42-30(36-18-7-19-39-20-22-45-23-21-39)17-14-26-12-15-29(16-13-26)32-37-31-33(38-32)40(24-27-8-3-1-4-9-27)35(44)41(34(31)43)25-28-10-5-2-6-11-28/h12-17,27-28H,1-11,18-25H2,(H,36,42)(H,37,38)/b17-14+. The predicted octanol–water partition coefficient (Wildman–Crippen LogP) is 4.57. The third-order valence-corrected chi connectivity index (χ3v) is 9.86. The minimum absolute atomic E-state index is 0.112. The van der Waals surface area contributed by atoms with Gasteiger partial charge in [-0.2, -0.15) is 0 Å². The number of H-pyrrole nitrogens is 1. The molecule has 1 saturated heterocycles. The van der Waals surface area contributed by atoms with Crippen LogP contribution in [0.25, 0.3) is 28.6 Å². The maximum atomic E-state index is 13.8. The van der Waals surface area contributed by atoms with Crippen molar-refractivity contribution in [1.82, 2.24) is 29.3 Å². The molecule has 0 spiro atoms. The van der Waals surface area contributed by atoms with Gasteiger partial charge >= 0.3 is 5.69 Å². The lowest BCUT2D eigenvalue weighted by molar-refractivity contribution is -0.116. The van der Waals surface area contributed by atoms with Crippen molar-refractivity contribution in [2.75, 3.05) is 39.4 Å². The normalized spacial score (nSPS) is 19.0. The Labute approximate surface area is 264 Å². The second kappa shape index (κ2) is 15.2. The lowest BCUT2D eigenvalue weighted by atomic mass is 9.89.